The predicted octanol–water partition coefficient (Wildman–Crippen LogP) is 3.48. The largest absolute Gasteiger partial charge is 0.459 e. The van der Waals surface area contributed by atoms with Gasteiger partial charge in [0.1, 0.15) is 11.3 Å². The lowest BCUT2D eigenvalue weighted by Crippen LogP contribution is -2.22. The molecule has 0 saturated heterocycles. The summed E-state index contributed by atoms with van der Waals surface area (Å²) in [4.78, 5) is 0. The second-order valence-electron chi connectivity index (χ2n) is 5.39. The van der Waals surface area contributed by atoms with Crippen LogP contribution in [0.3, 0.4) is 0 Å². The molecule has 2 aromatic heterocycles. The highest BCUT2D eigenvalue weighted by atomic mass is 16.3. The normalized spacial score (nSPS) is 13.0. The zero-order valence-electron chi connectivity index (χ0n) is 13.0. The molecule has 0 spiro atoms. The van der Waals surface area contributed by atoms with Crippen molar-refractivity contribution in [3.63, 3.8) is 0 Å². The van der Waals surface area contributed by atoms with Crippen molar-refractivity contribution >= 4 is 11.0 Å². The quantitative estimate of drug-likeness (QED) is 0.797. The van der Waals surface area contributed by atoms with Crippen LogP contribution in [0.25, 0.3) is 11.0 Å². The van der Waals surface area contributed by atoms with Crippen molar-refractivity contribution in [2.24, 2.45) is 7.05 Å². The van der Waals surface area contributed by atoms with Crippen molar-refractivity contribution in [1.29, 1.82) is 0 Å². The number of hydrogen-bond acceptors (Lipinski definition) is 3. The van der Waals surface area contributed by atoms with Crippen LogP contribution in [0, 0.1) is 13.8 Å². The minimum absolute atomic E-state index is 0.0381. The molecule has 2 heterocycles. The van der Waals surface area contributed by atoms with Gasteiger partial charge in [-0.3, -0.25) is 4.68 Å². The Labute approximate surface area is 124 Å². The van der Waals surface area contributed by atoms with Gasteiger partial charge in [-0.25, -0.2) is 0 Å². The van der Waals surface area contributed by atoms with E-state index < -0.39 is 0 Å². The van der Waals surface area contributed by atoms with Crippen LogP contribution in [0.2, 0.25) is 0 Å². The molecule has 0 fully saturated rings. The predicted molar refractivity (Wildman–Crippen MR) is 84.4 cm³/mol. The highest BCUT2D eigenvalue weighted by Crippen LogP contribution is 2.31. The number of hydrogen-bond donors (Lipinski definition) is 1. The topological polar surface area (TPSA) is 43.0 Å². The number of nitrogens with one attached hydrogen (secondary N) is 1. The first-order valence-corrected chi connectivity index (χ1v) is 7.33. The van der Waals surface area contributed by atoms with Gasteiger partial charge < -0.3 is 9.73 Å². The highest BCUT2D eigenvalue weighted by Gasteiger charge is 2.24. The zero-order valence-corrected chi connectivity index (χ0v) is 13.0. The molecule has 0 aliphatic rings. The van der Waals surface area contributed by atoms with E-state index in [2.05, 4.69) is 43.3 Å². The molecule has 1 atom stereocenters. The highest BCUT2D eigenvalue weighted by molar-refractivity contribution is 5.78. The van der Waals surface area contributed by atoms with Crippen molar-refractivity contribution in [3.05, 3.63) is 53.0 Å². The number of furan rings is 1. The zero-order chi connectivity index (χ0) is 15.0. The number of benzene rings is 1. The number of aromatic nitrogens is 2. The van der Waals surface area contributed by atoms with Crippen LogP contribution in [0.15, 0.2) is 34.7 Å². The average molecular weight is 283 g/mol. The Hall–Kier alpha value is -2.07. The molecule has 0 saturated carbocycles. The Morgan fingerprint density at radius 1 is 1.29 bits per heavy atom. The summed E-state index contributed by atoms with van der Waals surface area (Å²) in [5.74, 6) is 0.942. The van der Waals surface area contributed by atoms with E-state index in [1.807, 2.05) is 29.9 Å². The summed E-state index contributed by atoms with van der Waals surface area (Å²) >= 11 is 0. The first-order valence-electron chi connectivity index (χ1n) is 7.33. The molecule has 1 N–H and O–H groups in total. The van der Waals surface area contributed by atoms with Gasteiger partial charge in [-0.15, -0.1) is 0 Å². The Morgan fingerprint density at radius 3 is 2.67 bits per heavy atom. The number of fused-ring (bicyclic) bond motifs is 1. The minimum Gasteiger partial charge on any atom is -0.459 e. The summed E-state index contributed by atoms with van der Waals surface area (Å²) in [6.07, 6.45) is 0. The lowest BCUT2D eigenvalue weighted by molar-refractivity contribution is 0.474. The van der Waals surface area contributed by atoms with Crippen LogP contribution in [-0.2, 0) is 7.05 Å². The van der Waals surface area contributed by atoms with E-state index in [4.69, 9.17) is 4.42 Å². The molecule has 3 rings (SSSR count). The number of rotatable bonds is 4. The fraction of sp³-hybridized carbons (Fsp3) is 0.353. The van der Waals surface area contributed by atoms with Gasteiger partial charge in [0.2, 0.25) is 0 Å². The SMILES string of the molecule is CCNC(c1cc2ccccc2o1)c1c(C)nn(C)c1C. The lowest BCUT2D eigenvalue weighted by atomic mass is 10.0. The molecule has 0 aliphatic heterocycles. The molecule has 0 radical (unpaired) electrons. The van der Waals surface area contributed by atoms with Gasteiger partial charge in [0, 0.05) is 23.7 Å². The lowest BCUT2D eigenvalue weighted by Gasteiger charge is -2.16. The monoisotopic (exact) mass is 283 g/mol. The van der Waals surface area contributed by atoms with Crippen LogP contribution >= 0.6 is 0 Å². The van der Waals surface area contributed by atoms with E-state index >= 15 is 0 Å². The molecule has 0 bridgehead atoms. The van der Waals surface area contributed by atoms with E-state index in [0.29, 0.717) is 0 Å². The standard InChI is InChI=1S/C17H21N3O/c1-5-18-17(16-11(2)19-20(4)12(16)3)15-10-13-8-6-7-9-14(13)21-15/h6-10,17-18H,5H2,1-4H3. The molecule has 1 aromatic carbocycles. The fourth-order valence-corrected chi connectivity index (χ4v) is 2.90. The smallest absolute Gasteiger partial charge is 0.134 e. The third-order valence-electron chi connectivity index (χ3n) is 3.99. The number of nitrogens with zero attached hydrogens (tertiary/aromatic N) is 2. The first kappa shape index (κ1) is 13.9. The summed E-state index contributed by atoms with van der Waals surface area (Å²) < 4.78 is 7.99. The summed E-state index contributed by atoms with van der Waals surface area (Å²) in [6, 6.07) is 10.3. The van der Waals surface area contributed by atoms with Crippen LogP contribution in [-0.4, -0.2) is 16.3 Å². The molecular weight excluding hydrogens is 262 g/mol. The van der Waals surface area contributed by atoms with E-state index in [9.17, 15) is 0 Å². The van der Waals surface area contributed by atoms with Gasteiger partial charge >= 0.3 is 0 Å². The Kier molecular flexibility index (Phi) is 3.55. The third kappa shape index (κ3) is 2.36. The van der Waals surface area contributed by atoms with Crippen molar-refractivity contribution in [3.8, 4) is 0 Å². The minimum atomic E-state index is 0.0381. The van der Waals surface area contributed by atoms with Gasteiger partial charge in [-0.1, -0.05) is 25.1 Å². The molecule has 110 valence electrons. The van der Waals surface area contributed by atoms with E-state index in [1.54, 1.807) is 0 Å². The van der Waals surface area contributed by atoms with E-state index in [-0.39, 0.29) is 6.04 Å². The van der Waals surface area contributed by atoms with Gasteiger partial charge in [-0.05, 0) is 32.5 Å². The molecule has 0 amide bonds. The van der Waals surface area contributed by atoms with Crippen LogP contribution in [0.1, 0.15) is 35.7 Å². The van der Waals surface area contributed by atoms with Gasteiger partial charge in [0.25, 0.3) is 0 Å². The molecule has 0 aliphatic carbocycles. The maximum atomic E-state index is 6.06. The molecule has 21 heavy (non-hydrogen) atoms. The Morgan fingerprint density at radius 2 is 2.05 bits per heavy atom. The van der Waals surface area contributed by atoms with Crippen LogP contribution < -0.4 is 5.32 Å². The molecule has 4 heteroatoms. The van der Waals surface area contributed by atoms with Crippen molar-refractivity contribution in [1.82, 2.24) is 15.1 Å². The number of aryl methyl sites for hydroxylation is 2. The maximum Gasteiger partial charge on any atom is 0.134 e. The first-order chi connectivity index (χ1) is 10.1. The van der Waals surface area contributed by atoms with Crippen molar-refractivity contribution in [2.45, 2.75) is 26.8 Å². The molecular formula is C17H21N3O. The van der Waals surface area contributed by atoms with Gasteiger partial charge in [0.05, 0.1) is 11.7 Å². The van der Waals surface area contributed by atoms with Crippen LogP contribution in [0.4, 0.5) is 0 Å². The van der Waals surface area contributed by atoms with E-state index in [0.717, 1.165) is 29.0 Å². The second-order valence-corrected chi connectivity index (χ2v) is 5.39. The summed E-state index contributed by atoms with van der Waals surface area (Å²) in [7, 11) is 1.98. The summed E-state index contributed by atoms with van der Waals surface area (Å²) in [5, 5.41) is 9.19. The van der Waals surface area contributed by atoms with Crippen LogP contribution in [0.5, 0.6) is 0 Å². The van der Waals surface area contributed by atoms with Crippen molar-refractivity contribution < 1.29 is 4.42 Å². The van der Waals surface area contributed by atoms with E-state index in [1.165, 1.54) is 11.3 Å². The van der Waals surface area contributed by atoms with Gasteiger partial charge in [-0.2, -0.15) is 5.10 Å². The fourth-order valence-electron chi connectivity index (χ4n) is 2.90. The van der Waals surface area contributed by atoms with Crippen molar-refractivity contribution in [2.75, 3.05) is 6.54 Å². The van der Waals surface area contributed by atoms with Gasteiger partial charge in [0.15, 0.2) is 0 Å². The summed E-state index contributed by atoms with van der Waals surface area (Å²) in [6.45, 7) is 7.13. The summed E-state index contributed by atoms with van der Waals surface area (Å²) in [5.41, 5.74) is 4.34. The maximum absolute atomic E-state index is 6.06. The average Bonchev–Trinajstić information content (AvgIpc) is 2.99. The molecule has 1 unspecified atom stereocenters. The Balaban J connectivity index is 2.13. The molecule has 3 aromatic rings. The Bertz CT molecular complexity index is 737. The number of para-hydroxylation sites is 1. The third-order valence-corrected chi connectivity index (χ3v) is 3.99. The molecule has 4 nitrogen and oxygen atoms in total. The second kappa shape index (κ2) is 5.37.